The number of halogens is 3. The van der Waals surface area contributed by atoms with Crippen molar-refractivity contribution in [3.8, 4) is 5.69 Å². The summed E-state index contributed by atoms with van der Waals surface area (Å²) in [6.45, 7) is 4.20. The van der Waals surface area contributed by atoms with Gasteiger partial charge in [0.1, 0.15) is 0 Å². The predicted octanol–water partition coefficient (Wildman–Crippen LogP) is 3.27. The van der Waals surface area contributed by atoms with E-state index in [2.05, 4.69) is 15.2 Å². The van der Waals surface area contributed by atoms with E-state index in [1.54, 1.807) is 17.0 Å². The van der Waals surface area contributed by atoms with Crippen LogP contribution in [0, 0.1) is 6.92 Å². The molecule has 168 valence electrons. The molecule has 0 bridgehead atoms. The Hall–Kier alpha value is -3.47. The molecule has 1 aromatic carbocycles. The zero-order valence-corrected chi connectivity index (χ0v) is 17.5. The second kappa shape index (κ2) is 8.58. The Morgan fingerprint density at radius 2 is 1.84 bits per heavy atom. The lowest BCUT2D eigenvalue weighted by molar-refractivity contribution is -0.137. The number of benzene rings is 1. The second-order valence-corrected chi connectivity index (χ2v) is 7.49. The van der Waals surface area contributed by atoms with Gasteiger partial charge in [0.2, 0.25) is 0 Å². The van der Waals surface area contributed by atoms with Gasteiger partial charge < -0.3 is 4.90 Å². The van der Waals surface area contributed by atoms with Gasteiger partial charge in [-0.05, 0) is 38.1 Å². The van der Waals surface area contributed by atoms with Gasteiger partial charge in [-0.15, -0.1) is 0 Å². The van der Waals surface area contributed by atoms with Crippen molar-refractivity contribution in [2.75, 3.05) is 24.8 Å². The van der Waals surface area contributed by atoms with E-state index >= 15 is 0 Å². The van der Waals surface area contributed by atoms with E-state index in [9.17, 15) is 18.0 Å². The Morgan fingerprint density at radius 1 is 1.09 bits per heavy atom. The fraction of sp³-hybridized carbons (Fsp3) is 0.333. The number of hydrogen-bond acceptors (Lipinski definition) is 6. The monoisotopic (exact) mass is 446 g/mol. The van der Waals surface area contributed by atoms with Crippen LogP contribution in [0.25, 0.3) is 5.69 Å². The summed E-state index contributed by atoms with van der Waals surface area (Å²) in [5.41, 5.74) is 1.06. The Labute approximate surface area is 182 Å². The van der Waals surface area contributed by atoms with Crippen LogP contribution < -0.4 is 5.06 Å². The first-order chi connectivity index (χ1) is 15.2. The van der Waals surface area contributed by atoms with E-state index in [0.717, 1.165) is 23.9 Å². The van der Waals surface area contributed by atoms with Crippen molar-refractivity contribution in [3.05, 3.63) is 65.6 Å². The third kappa shape index (κ3) is 4.42. The molecular weight excluding hydrogens is 425 g/mol. The molecule has 32 heavy (non-hydrogen) atoms. The van der Waals surface area contributed by atoms with Crippen molar-refractivity contribution in [3.63, 3.8) is 0 Å². The molecule has 3 aromatic rings. The summed E-state index contributed by atoms with van der Waals surface area (Å²) in [6.07, 6.45) is -0.345. The highest BCUT2D eigenvalue weighted by molar-refractivity contribution is 5.98. The summed E-state index contributed by atoms with van der Waals surface area (Å²) >= 11 is 0. The summed E-state index contributed by atoms with van der Waals surface area (Å²) in [5, 5.41) is 9.54. The minimum absolute atomic E-state index is 0.0401. The van der Waals surface area contributed by atoms with Crippen molar-refractivity contribution in [1.29, 1.82) is 0 Å². The van der Waals surface area contributed by atoms with E-state index in [0.29, 0.717) is 11.3 Å². The number of nitrogens with zero attached hydrogens (tertiary/aromatic N) is 6. The molecule has 1 atom stereocenters. The largest absolute Gasteiger partial charge is 0.416 e. The van der Waals surface area contributed by atoms with Crippen molar-refractivity contribution in [1.82, 2.24) is 24.9 Å². The van der Waals surface area contributed by atoms with Crippen LogP contribution in [0.1, 0.15) is 28.4 Å². The van der Waals surface area contributed by atoms with E-state index < -0.39 is 11.7 Å². The number of aromatic nitrogens is 4. The smallest absolute Gasteiger partial charge is 0.332 e. The molecule has 3 heterocycles. The highest BCUT2D eigenvalue weighted by Gasteiger charge is 2.33. The highest BCUT2D eigenvalue weighted by Crippen LogP contribution is 2.31. The molecule has 1 amide bonds. The first-order valence-corrected chi connectivity index (χ1v) is 9.96. The summed E-state index contributed by atoms with van der Waals surface area (Å²) in [6, 6.07) is 6.93. The Kier molecular flexibility index (Phi) is 5.83. The lowest BCUT2D eigenvalue weighted by atomic mass is 10.1. The number of anilines is 1. The molecule has 8 nitrogen and oxygen atoms in total. The molecule has 0 unspecified atom stereocenters. The maximum Gasteiger partial charge on any atom is 0.416 e. The molecule has 0 aliphatic carbocycles. The van der Waals surface area contributed by atoms with Gasteiger partial charge >= 0.3 is 6.18 Å². The average Bonchev–Trinajstić information content (AvgIpc) is 3.22. The molecule has 1 aliphatic rings. The number of pyridine rings is 1. The predicted molar refractivity (Wildman–Crippen MR) is 109 cm³/mol. The zero-order valence-electron chi connectivity index (χ0n) is 17.5. The molecule has 0 N–H and O–H groups in total. The first-order valence-electron chi connectivity index (χ1n) is 9.96. The number of hydroxylamine groups is 1. The number of alkyl halides is 3. The van der Waals surface area contributed by atoms with Gasteiger partial charge in [-0.1, -0.05) is 11.6 Å². The van der Waals surface area contributed by atoms with Crippen molar-refractivity contribution < 1.29 is 22.8 Å². The zero-order chi connectivity index (χ0) is 22.9. The number of amides is 1. The van der Waals surface area contributed by atoms with Gasteiger partial charge in [-0.3, -0.25) is 9.63 Å². The maximum atomic E-state index is 13.5. The van der Waals surface area contributed by atoms with Crippen LogP contribution in [-0.2, 0) is 11.0 Å². The summed E-state index contributed by atoms with van der Waals surface area (Å²) in [7, 11) is 0. The Morgan fingerprint density at radius 3 is 2.56 bits per heavy atom. The van der Waals surface area contributed by atoms with E-state index in [4.69, 9.17) is 4.84 Å². The molecule has 1 saturated heterocycles. The molecule has 2 aromatic heterocycles. The van der Waals surface area contributed by atoms with Crippen LogP contribution in [0.15, 0.2) is 48.9 Å². The molecule has 0 saturated carbocycles. The number of carbonyl (C=O) groups is 1. The number of hydrogen-bond donors (Lipinski definition) is 0. The van der Waals surface area contributed by atoms with Gasteiger partial charge in [0, 0.05) is 12.7 Å². The molecule has 0 radical (unpaired) electrons. The van der Waals surface area contributed by atoms with Crippen LogP contribution in [0.3, 0.4) is 0 Å². The van der Waals surface area contributed by atoms with Gasteiger partial charge in [0.05, 0.1) is 48.4 Å². The minimum Gasteiger partial charge on any atom is -0.332 e. The van der Waals surface area contributed by atoms with Gasteiger partial charge in [-0.2, -0.15) is 28.2 Å². The van der Waals surface area contributed by atoms with Crippen LogP contribution in [0.5, 0.6) is 0 Å². The minimum atomic E-state index is -4.49. The van der Waals surface area contributed by atoms with Crippen molar-refractivity contribution >= 4 is 11.7 Å². The average molecular weight is 446 g/mol. The van der Waals surface area contributed by atoms with Crippen LogP contribution >= 0.6 is 0 Å². The van der Waals surface area contributed by atoms with Crippen LogP contribution in [-0.4, -0.2) is 56.5 Å². The normalized spacial score (nSPS) is 17.3. The highest BCUT2D eigenvalue weighted by atomic mass is 19.4. The van der Waals surface area contributed by atoms with E-state index in [-0.39, 0.29) is 37.5 Å². The lowest BCUT2D eigenvalue weighted by Crippen LogP contribution is -2.41. The first kappa shape index (κ1) is 21.8. The molecule has 0 spiro atoms. The quantitative estimate of drug-likeness (QED) is 0.615. The second-order valence-electron chi connectivity index (χ2n) is 7.49. The number of aryl methyl sites for hydroxylation is 1. The molecule has 11 heteroatoms. The summed E-state index contributed by atoms with van der Waals surface area (Å²) in [5.74, 6) is -0.200. The van der Waals surface area contributed by atoms with Crippen LogP contribution in [0.4, 0.5) is 19.0 Å². The van der Waals surface area contributed by atoms with Crippen molar-refractivity contribution in [2.45, 2.75) is 26.1 Å². The Balaban J connectivity index is 1.58. The number of carbonyl (C=O) groups excluding carboxylic acids is 1. The molecular formula is C21H21F3N6O2. The molecule has 1 fully saturated rings. The molecule has 4 rings (SSSR count). The van der Waals surface area contributed by atoms with Crippen LogP contribution in [0.2, 0.25) is 0 Å². The fourth-order valence-corrected chi connectivity index (χ4v) is 3.48. The summed E-state index contributed by atoms with van der Waals surface area (Å²) in [4.78, 5) is 26.2. The SMILES string of the molecule is Cc1ccc(-n2nccn2)c(C(=O)N2CCN(c3cc(C(F)(F)F)ccn3)OC[C@H]2C)c1. The molecule has 1 aliphatic heterocycles. The third-order valence-corrected chi connectivity index (χ3v) is 5.15. The lowest BCUT2D eigenvalue weighted by Gasteiger charge is -2.26. The maximum absolute atomic E-state index is 13.5. The summed E-state index contributed by atoms with van der Waals surface area (Å²) < 4.78 is 39.2. The van der Waals surface area contributed by atoms with Gasteiger partial charge in [-0.25, -0.2) is 10.0 Å². The van der Waals surface area contributed by atoms with Crippen molar-refractivity contribution in [2.24, 2.45) is 0 Å². The van der Waals surface area contributed by atoms with E-state index in [1.807, 2.05) is 19.9 Å². The third-order valence-electron chi connectivity index (χ3n) is 5.15. The topological polar surface area (TPSA) is 76.4 Å². The van der Waals surface area contributed by atoms with Gasteiger partial charge in [0.15, 0.2) is 5.82 Å². The fourth-order valence-electron chi connectivity index (χ4n) is 3.48. The standard InChI is InChI=1S/C21H21F3N6O2/c1-14-3-4-18(30-26-7-8-27-30)17(11-14)20(31)28-9-10-29(32-13-15(28)2)19-12-16(5-6-25-19)21(22,23)24/h3-8,11-12,15H,9-10,13H2,1-2H3/t15-/m1/s1. The van der Waals surface area contributed by atoms with Gasteiger partial charge in [0.25, 0.3) is 5.91 Å². The Bertz CT molecular complexity index is 1100. The van der Waals surface area contributed by atoms with E-state index in [1.165, 1.54) is 22.3 Å². The number of rotatable bonds is 3.